The van der Waals surface area contributed by atoms with Gasteiger partial charge in [0.15, 0.2) is 0 Å². The minimum absolute atomic E-state index is 0.358. The standard InChI is InChI=1S/C28H28ClN2Se2/c1-3-30-22-12-5-7-14-24(22)32-26(30)18-16-20-10-9-11-21(28(20)29)17-19-27-31(4-2)23-13-6-8-15-25(23)33-27/h5-8,12-19H,3-4,9-11H2,1-2H3/q+1. The van der Waals surface area contributed by atoms with Crippen LogP contribution in [0.5, 0.6) is 0 Å². The quantitative estimate of drug-likeness (QED) is 0.282. The fraction of sp³-hybridized carbons (Fsp3) is 0.250. The number of hydrogen-bond donors (Lipinski definition) is 0. The molecule has 0 bridgehead atoms. The van der Waals surface area contributed by atoms with Gasteiger partial charge in [0, 0.05) is 0 Å². The first-order valence-electron chi connectivity index (χ1n) is 11.6. The van der Waals surface area contributed by atoms with E-state index < -0.39 is 0 Å². The second-order valence-electron chi connectivity index (χ2n) is 8.19. The second kappa shape index (κ2) is 10.2. The first-order chi connectivity index (χ1) is 16.2. The van der Waals surface area contributed by atoms with Crippen LogP contribution in [0.15, 0.2) is 87.5 Å². The minimum atomic E-state index is 0.358. The summed E-state index contributed by atoms with van der Waals surface area (Å²) >= 11 is 7.66. The summed E-state index contributed by atoms with van der Waals surface area (Å²) in [5.74, 6) is 0. The number of anilines is 1. The van der Waals surface area contributed by atoms with Gasteiger partial charge in [0.1, 0.15) is 0 Å². The average Bonchev–Trinajstić information content (AvgIpc) is 3.39. The van der Waals surface area contributed by atoms with Crippen LogP contribution in [0.25, 0.3) is 15.9 Å². The summed E-state index contributed by atoms with van der Waals surface area (Å²) in [7, 11) is 0. The number of halogens is 1. The fourth-order valence-electron chi connectivity index (χ4n) is 4.56. The summed E-state index contributed by atoms with van der Waals surface area (Å²) in [6, 6.07) is 17.6. The molecule has 3 aromatic rings. The molecule has 5 heteroatoms. The SMILES string of the molecule is CCN1/C(=C\C=C2\CCCC(/C=C/c3[se]c4ccccc4[n+]3CC)=C2Cl)[Se]c2ccccc21. The summed E-state index contributed by atoms with van der Waals surface area (Å²) in [5, 5.41) is 0.951. The van der Waals surface area contributed by atoms with Gasteiger partial charge in [0.25, 0.3) is 0 Å². The summed E-state index contributed by atoms with van der Waals surface area (Å²) in [6.45, 7) is 6.47. The van der Waals surface area contributed by atoms with E-state index in [4.69, 9.17) is 11.6 Å². The van der Waals surface area contributed by atoms with E-state index in [1.807, 2.05) is 0 Å². The predicted octanol–water partition coefficient (Wildman–Crippen LogP) is 5.53. The molecule has 0 saturated heterocycles. The van der Waals surface area contributed by atoms with E-state index in [-0.39, 0.29) is 0 Å². The topological polar surface area (TPSA) is 7.12 Å². The van der Waals surface area contributed by atoms with Crippen LogP contribution in [0.1, 0.15) is 37.7 Å². The van der Waals surface area contributed by atoms with Gasteiger partial charge >= 0.3 is 215 Å². The number of aryl methyl sites for hydroxylation is 1. The second-order valence-corrected chi connectivity index (χ2v) is 13.0. The van der Waals surface area contributed by atoms with Crippen LogP contribution >= 0.6 is 11.6 Å². The predicted molar refractivity (Wildman–Crippen MR) is 144 cm³/mol. The van der Waals surface area contributed by atoms with Crippen molar-refractivity contribution >= 4 is 67.1 Å². The van der Waals surface area contributed by atoms with Gasteiger partial charge in [-0.2, -0.15) is 0 Å². The van der Waals surface area contributed by atoms with Gasteiger partial charge in [-0.05, 0) is 0 Å². The van der Waals surface area contributed by atoms with Crippen molar-refractivity contribution in [2.45, 2.75) is 39.7 Å². The molecule has 0 radical (unpaired) electrons. The van der Waals surface area contributed by atoms with Crippen LogP contribution in [0.2, 0.25) is 0 Å². The molecule has 0 atom stereocenters. The molecular formula is C28H28ClN2Se2+. The van der Waals surface area contributed by atoms with Crippen LogP contribution in [-0.2, 0) is 6.54 Å². The van der Waals surface area contributed by atoms with Gasteiger partial charge < -0.3 is 0 Å². The maximum atomic E-state index is 6.94. The summed E-state index contributed by atoms with van der Waals surface area (Å²) in [5.41, 5.74) is 5.29. The van der Waals surface area contributed by atoms with Gasteiger partial charge in [-0.15, -0.1) is 0 Å². The fourth-order valence-corrected chi connectivity index (χ4v) is 9.61. The molecule has 0 fully saturated rings. The van der Waals surface area contributed by atoms with Crippen LogP contribution in [-0.4, -0.2) is 36.0 Å². The van der Waals surface area contributed by atoms with E-state index in [1.165, 1.54) is 40.2 Å². The molecule has 1 aliphatic carbocycles. The zero-order chi connectivity index (χ0) is 22.8. The Morgan fingerprint density at radius 2 is 1.82 bits per heavy atom. The molecule has 2 heterocycles. The van der Waals surface area contributed by atoms with Crippen molar-refractivity contribution < 1.29 is 4.57 Å². The Morgan fingerprint density at radius 1 is 1.00 bits per heavy atom. The van der Waals surface area contributed by atoms with Crippen LogP contribution in [0, 0.1) is 0 Å². The summed E-state index contributed by atoms with van der Waals surface area (Å²) < 4.78 is 8.24. The van der Waals surface area contributed by atoms with Crippen LogP contribution in [0.4, 0.5) is 5.69 Å². The Balaban J connectivity index is 1.42. The average molecular weight is 586 g/mol. The number of aromatic nitrogens is 1. The monoisotopic (exact) mass is 587 g/mol. The third kappa shape index (κ3) is 4.61. The number of fused-ring (bicyclic) bond motifs is 2. The molecule has 0 N–H and O–H groups in total. The molecule has 0 saturated carbocycles. The Kier molecular flexibility index (Phi) is 7.11. The van der Waals surface area contributed by atoms with Crippen molar-refractivity contribution in [3.8, 4) is 0 Å². The normalized spacial score (nSPS) is 18.9. The molecule has 2 nitrogen and oxygen atoms in total. The van der Waals surface area contributed by atoms with Crippen LogP contribution < -0.4 is 13.9 Å². The van der Waals surface area contributed by atoms with E-state index in [0.717, 1.165) is 37.4 Å². The molecule has 2 aromatic carbocycles. The van der Waals surface area contributed by atoms with Gasteiger partial charge in [-0.1, -0.05) is 0 Å². The van der Waals surface area contributed by atoms with E-state index in [0.29, 0.717) is 29.5 Å². The number of allylic oxidation sites excluding steroid dienone is 6. The number of nitrogens with zero attached hydrogens (tertiary/aromatic N) is 2. The molecule has 2 aliphatic rings. The van der Waals surface area contributed by atoms with Crippen molar-refractivity contribution in [3.05, 3.63) is 92.1 Å². The zero-order valence-corrected chi connectivity index (χ0v) is 23.2. The zero-order valence-electron chi connectivity index (χ0n) is 19.1. The van der Waals surface area contributed by atoms with Crippen molar-refractivity contribution in [1.82, 2.24) is 0 Å². The Labute approximate surface area is 213 Å². The Morgan fingerprint density at radius 3 is 2.67 bits per heavy atom. The first kappa shape index (κ1) is 23.0. The van der Waals surface area contributed by atoms with E-state index in [2.05, 4.69) is 96.1 Å². The van der Waals surface area contributed by atoms with Gasteiger partial charge in [0.05, 0.1) is 0 Å². The number of hydrogen-bond acceptors (Lipinski definition) is 1. The van der Waals surface area contributed by atoms with Crippen LogP contribution in [0.3, 0.4) is 0 Å². The maximum absolute atomic E-state index is 6.94. The summed E-state index contributed by atoms with van der Waals surface area (Å²) in [6.07, 6.45) is 12.5. The molecule has 168 valence electrons. The van der Waals surface area contributed by atoms with E-state index >= 15 is 0 Å². The van der Waals surface area contributed by atoms with Gasteiger partial charge in [-0.25, -0.2) is 0 Å². The van der Waals surface area contributed by atoms with Gasteiger partial charge in [-0.3, -0.25) is 0 Å². The van der Waals surface area contributed by atoms with E-state index in [9.17, 15) is 0 Å². The third-order valence-electron chi connectivity index (χ3n) is 6.22. The van der Waals surface area contributed by atoms with Crippen molar-refractivity contribution in [1.29, 1.82) is 0 Å². The van der Waals surface area contributed by atoms with Crippen molar-refractivity contribution in [3.63, 3.8) is 0 Å². The Hall–Kier alpha value is -1.80. The molecule has 0 amide bonds. The van der Waals surface area contributed by atoms with Crippen molar-refractivity contribution in [2.75, 3.05) is 11.4 Å². The number of para-hydroxylation sites is 2. The first-order valence-corrected chi connectivity index (χ1v) is 15.4. The molecule has 0 spiro atoms. The summed E-state index contributed by atoms with van der Waals surface area (Å²) in [4.78, 5) is 2.45. The van der Waals surface area contributed by atoms with Gasteiger partial charge in [0.2, 0.25) is 0 Å². The number of rotatable bonds is 5. The Bertz CT molecular complexity index is 1310. The molecule has 1 aliphatic heterocycles. The number of benzene rings is 2. The molecule has 5 rings (SSSR count). The van der Waals surface area contributed by atoms with Crippen molar-refractivity contribution in [2.24, 2.45) is 0 Å². The van der Waals surface area contributed by atoms with E-state index in [1.54, 1.807) is 0 Å². The third-order valence-corrected chi connectivity index (χ3v) is 11.4. The molecule has 1 aromatic heterocycles. The molecule has 33 heavy (non-hydrogen) atoms. The molecule has 0 unspecified atom stereocenters. The molecular weight excluding hydrogens is 558 g/mol.